The minimum absolute atomic E-state index is 0.0830. The van der Waals surface area contributed by atoms with Gasteiger partial charge in [0.05, 0.1) is 10.2 Å². The van der Waals surface area contributed by atoms with E-state index >= 15 is 0 Å². The molecule has 1 aliphatic rings. The first-order chi connectivity index (χ1) is 12.7. The van der Waals surface area contributed by atoms with Gasteiger partial charge < -0.3 is 14.0 Å². The normalized spacial score (nSPS) is 14.0. The summed E-state index contributed by atoms with van der Waals surface area (Å²) in [6, 6.07) is 14.1. The van der Waals surface area contributed by atoms with Gasteiger partial charge in [-0.15, -0.1) is 0 Å². The largest absolute Gasteiger partial charge is 0.486 e. The van der Waals surface area contributed by atoms with Gasteiger partial charge in [-0.1, -0.05) is 41.7 Å². The van der Waals surface area contributed by atoms with Crippen LogP contribution in [0.15, 0.2) is 47.5 Å². The van der Waals surface area contributed by atoms with Crippen molar-refractivity contribution in [2.75, 3.05) is 13.2 Å². The summed E-state index contributed by atoms with van der Waals surface area (Å²) in [5, 5.41) is 0. The van der Waals surface area contributed by atoms with Crippen LogP contribution in [0.4, 0.5) is 0 Å². The van der Waals surface area contributed by atoms with E-state index in [2.05, 4.69) is 17.1 Å². The highest BCUT2D eigenvalue weighted by molar-refractivity contribution is 7.16. The van der Waals surface area contributed by atoms with Crippen LogP contribution in [0.3, 0.4) is 0 Å². The van der Waals surface area contributed by atoms with Crippen LogP contribution in [0.1, 0.15) is 18.4 Å². The van der Waals surface area contributed by atoms with Gasteiger partial charge in [-0.3, -0.25) is 4.79 Å². The number of aromatic nitrogens is 1. The number of nitrogens with zero attached hydrogens (tertiary/aromatic N) is 2. The Kier molecular flexibility index (Phi) is 4.75. The highest BCUT2D eigenvalue weighted by Crippen LogP contribution is 2.35. The minimum atomic E-state index is -0.0830. The average Bonchev–Trinajstić information content (AvgIpc) is 2.95. The minimum Gasteiger partial charge on any atom is -0.486 e. The monoisotopic (exact) mass is 368 g/mol. The van der Waals surface area contributed by atoms with Crippen molar-refractivity contribution in [3.05, 3.63) is 52.8 Å². The van der Waals surface area contributed by atoms with Crippen LogP contribution in [0.2, 0.25) is 0 Å². The maximum absolute atomic E-state index is 12.3. The summed E-state index contributed by atoms with van der Waals surface area (Å²) in [6.07, 6.45) is 2.14. The predicted molar refractivity (Wildman–Crippen MR) is 102 cm³/mol. The Morgan fingerprint density at radius 1 is 1.15 bits per heavy atom. The molecule has 1 aromatic heterocycles. The molecular weight excluding hydrogens is 348 g/mol. The zero-order chi connectivity index (χ0) is 17.9. The SMILES string of the molecule is Cn1c(=NC(=O)CCCc2ccccc2)sc2cc3c(cc21)OCCO3. The maximum atomic E-state index is 12.3. The van der Waals surface area contributed by atoms with Crippen LogP contribution in [0.5, 0.6) is 11.5 Å². The summed E-state index contributed by atoms with van der Waals surface area (Å²) in [7, 11) is 1.92. The van der Waals surface area contributed by atoms with Crippen molar-refractivity contribution in [1.29, 1.82) is 0 Å². The van der Waals surface area contributed by atoms with E-state index in [9.17, 15) is 4.79 Å². The molecule has 0 N–H and O–H groups in total. The fourth-order valence-electron chi connectivity index (χ4n) is 3.02. The third kappa shape index (κ3) is 3.51. The van der Waals surface area contributed by atoms with Crippen LogP contribution >= 0.6 is 11.3 Å². The lowest BCUT2D eigenvalue weighted by Crippen LogP contribution is -2.15. The fourth-order valence-corrected chi connectivity index (χ4v) is 4.07. The van der Waals surface area contributed by atoms with Crippen LogP contribution in [-0.2, 0) is 18.3 Å². The molecule has 0 saturated carbocycles. The molecule has 0 radical (unpaired) electrons. The molecule has 0 bridgehead atoms. The molecule has 0 unspecified atom stereocenters. The summed E-state index contributed by atoms with van der Waals surface area (Å²) >= 11 is 1.49. The second kappa shape index (κ2) is 7.33. The Balaban J connectivity index is 1.51. The molecular formula is C20H20N2O3S. The molecule has 1 amide bonds. The van der Waals surface area contributed by atoms with Crippen LogP contribution in [-0.4, -0.2) is 23.7 Å². The average molecular weight is 368 g/mol. The number of amides is 1. The molecule has 1 aliphatic heterocycles. The van der Waals surface area contributed by atoms with Gasteiger partial charge in [0, 0.05) is 25.6 Å². The molecule has 6 heteroatoms. The molecule has 0 aliphatic carbocycles. The summed E-state index contributed by atoms with van der Waals surface area (Å²) in [5.41, 5.74) is 2.24. The zero-order valence-electron chi connectivity index (χ0n) is 14.6. The van der Waals surface area contributed by atoms with Gasteiger partial charge in [-0.05, 0) is 18.4 Å². The Bertz CT molecular complexity index is 1010. The van der Waals surface area contributed by atoms with Gasteiger partial charge >= 0.3 is 0 Å². The summed E-state index contributed by atoms with van der Waals surface area (Å²) in [4.78, 5) is 17.3. The molecule has 2 aromatic carbocycles. The van der Waals surface area contributed by atoms with Crippen molar-refractivity contribution < 1.29 is 14.3 Å². The van der Waals surface area contributed by atoms with Crippen molar-refractivity contribution >= 4 is 27.5 Å². The summed E-state index contributed by atoms with van der Waals surface area (Å²) < 4.78 is 14.2. The van der Waals surface area contributed by atoms with Gasteiger partial charge in [0.25, 0.3) is 0 Å². The number of benzene rings is 2. The number of hydrogen-bond acceptors (Lipinski definition) is 4. The van der Waals surface area contributed by atoms with E-state index in [1.165, 1.54) is 16.9 Å². The van der Waals surface area contributed by atoms with Crippen molar-refractivity contribution in [2.24, 2.45) is 12.0 Å². The van der Waals surface area contributed by atoms with Gasteiger partial charge in [0.15, 0.2) is 16.3 Å². The summed E-state index contributed by atoms with van der Waals surface area (Å²) in [6.45, 7) is 1.12. The van der Waals surface area contributed by atoms with Crippen LogP contribution < -0.4 is 14.3 Å². The first kappa shape index (κ1) is 16.8. The molecule has 0 atom stereocenters. The molecule has 3 aromatic rings. The number of rotatable bonds is 4. The van der Waals surface area contributed by atoms with E-state index in [0.717, 1.165) is 34.6 Å². The van der Waals surface area contributed by atoms with Gasteiger partial charge in [-0.25, -0.2) is 0 Å². The summed E-state index contributed by atoms with van der Waals surface area (Å²) in [5.74, 6) is 1.42. The third-order valence-electron chi connectivity index (χ3n) is 4.39. The smallest absolute Gasteiger partial charge is 0.248 e. The van der Waals surface area contributed by atoms with Gasteiger partial charge in [-0.2, -0.15) is 4.99 Å². The zero-order valence-corrected chi connectivity index (χ0v) is 15.4. The highest BCUT2D eigenvalue weighted by atomic mass is 32.1. The van der Waals surface area contributed by atoms with E-state index in [1.807, 2.05) is 41.9 Å². The van der Waals surface area contributed by atoms with E-state index in [0.29, 0.717) is 24.4 Å². The molecule has 2 heterocycles. The number of carbonyl (C=O) groups is 1. The molecule has 5 nitrogen and oxygen atoms in total. The van der Waals surface area contributed by atoms with Gasteiger partial charge in [0.1, 0.15) is 13.2 Å². The van der Waals surface area contributed by atoms with E-state index in [4.69, 9.17) is 9.47 Å². The number of hydrogen-bond donors (Lipinski definition) is 0. The van der Waals surface area contributed by atoms with Crippen LogP contribution in [0, 0.1) is 0 Å². The standard InChI is InChI=1S/C20H20N2O3S/c1-22-15-12-16-17(25-11-10-24-16)13-18(15)26-20(22)21-19(23)9-5-8-14-6-3-2-4-7-14/h2-4,6-7,12-13H,5,8-11H2,1H3. The topological polar surface area (TPSA) is 52.8 Å². The number of carbonyl (C=O) groups excluding carboxylic acids is 1. The van der Waals surface area contributed by atoms with Crippen molar-refractivity contribution in [2.45, 2.75) is 19.3 Å². The molecule has 134 valence electrons. The Morgan fingerprint density at radius 3 is 2.65 bits per heavy atom. The molecule has 0 spiro atoms. The van der Waals surface area contributed by atoms with Crippen molar-refractivity contribution in [3.63, 3.8) is 0 Å². The number of thiazole rings is 1. The fraction of sp³-hybridized carbons (Fsp3) is 0.300. The number of fused-ring (bicyclic) bond motifs is 2. The van der Waals surface area contributed by atoms with Gasteiger partial charge in [0.2, 0.25) is 5.91 Å². The Labute approximate surface area is 155 Å². The second-order valence-corrected chi connectivity index (χ2v) is 7.26. The molecule has 26 heavy (non-hydrogen) atoms. The Hall–Kier alpha value is -2.60. The molecule has 4 rings (SSSR count). The highest BCUT2D eigenvalue weighted by Gasteiger charge is 2.15. The lowest BCUT2D eigenvalue weighted by molar-refractivity contribution is -0.118. The first-order valence-corrected chi connectivity index (χ1v) is 9.53. The van der Waals surface area contributed by atoms with E-state index in [-0.39, 0.29) is 5.91 Å². The quantitative estimate of drug-likeness (QED) is 0.709. The van der Waals surface area contributed by atoms with Crippen LogP contribution in [0.25, 0.3) is 10.2 Å². The first-order valence-electron chi connectivity index (χ1n) is 8.71. The predicted octanol–water partition coefficient (Wildman–Crippen LogP) is 3.46. The van der Waals surface area contributed by atoms with E-state index < -0.39 is 0 Å². The van der Waals surface area contributed by atoms with Crippen molar-refractivity contribution in [1.82, 2.24) is 4.57 Å². The number of aryl methyl sites for hydroxylation is 2. The Morgan fingerprint density at radius 2 is 1.88 bits per heavy atom. The lowest BCUT2D eigenvalue weighted by Gasteiger charge is -2.18. The third-order valence-corrected chi connectivity index (χ3v) is 5.49. The number of ether oxygens (including phenoxy) is 2. The second-order valence-electron chi connectivity index (χ2n) is 6.25. The van der Waals surface area contributed by atoms with E-state index in [1.54, 1.807) is 0 Å². The van der Waals surface area contributed by atoms with Crippen molar-refractivity contribution in [3.8, 4) is 11.5 Å². The molecule has 0 fully saturated rings. The maximum Gasteiger partial charge on any atom is 0.248 e. The lowest BCUT2D eigenvalue weighted by atomic mass is 10.1. The molecule has 0 saturated heterocycles.